The van der Waals surface area contributed by atoms with E-state index in [-0.39, 0.29) is 5.41 Å². The first-order valence-electron chi connectivity index (χ1n) is 19.1. The largest absolute Gasteiger partial charge is 0.379 e. The smallest absolute Gasteiger partial charge is 0.0594 e. The number of nitrogens with one attached hydrogen (secondary N) is 1. The van der Waals surface area contributed by atoms with Crippen LogP contribution in [0.1, 0.15) is 125 Å². The number of fused-ring (bicyclic) bond motifs is 7. The van der Waals surface area contributed by atoms with Crippen LogP contribution in [0.4, 0.5) is 0 Å². The van der Waals surface area contributed by atoms with Gasteiger partial charge in [-0.25, -0.2) is 0 Å². The second kappa shape index (κ2) is 11.4. The van der Waals surface area contributed by atoms with E-state index in [0.717, 1.165) is 56.5 Å². The summed E-state index contributed by atoms with van der Waals surface area (Å²) in [5, 5.41) is 4.33. The van der Waals surface area contributed by atoms with Crippen LogP contribution in [0.5, 0.6) is 0 Å². The molecule has 246 valence electrons. The highest BCUT2D eigenvalue weighted by atomic mass is 16.5. The molecule has 0 aromatic carbocycles. The molecule has 1 saturated heterocycles. The first-order chi connectivity index (χ1) is 21.0. The molecule has 0 amide bonds. The second-order valence-electron chi connectivity index (χ2n) is 18.2. The fourth-order valence-electron chi connectivity index (χ4n) is 14.0. The van der Waals surface area contributed by atoms with E-state index in [1.807, 2.05) is 0 Å². The Bertz CT molecular complexity index is 1180. The maximum absolute atomic E-state index is 5.63. The summed E-state index contributed by atoms with van der Waals surface area (Å²) in [7, 11) is 0. The fourth-order valence-corrected chi connectivity index (χ4v) is 14.0. The third kappa shape index (κ3) is 4.66. The third-order valence-corrected chi connectivity index (χ3v) is 16.3. The van der Waals surface area contributed by atoms with E-state index < -0.39 is 0 Å². The standard InChI is InChI=1S/C41H66N2O/c1-29(2)31-15-20-41(42-23-24-43-25-27-44-28-26-43)22-21-39(6)33(36(31)41)13-14-35-38(5)18-16-32(30-11-9-8-10-12-30)37(3,4)34(38)17-19-40(35,39)7/h11,16,31,33-36,42H,1,8-10,12-15,17-28H2,2-7H3/t31-,33+,34-,35+,36+,38-,39+,40+,41-/m0/s1. The summed E-state index contributed by atoms with van der Waals surface area (Å²) in [6.45, 7) is 26.9. The van der Waals surface area contributed by atoms with Gasteiger partial charge in [-0.05, 0) is 153 Å². The van der Waals surface area contributed by atoms with Gasteiger partial charge < -0.3 is 10.1 Å². The Balaban J connectivity index is 1.17. The fraction of sp³-hybridized carbons (Fsp3) is 0.854. The highest BCUT2D eigenvalue weighted by Gasteiger charge is 2.70. The summed E-state index contributed by atoms with van der Waals surface area (Å²) >= 11 is 0. The van der Waals surface area contributed by atoms with E-state index in [9.17, 15) is 0 Å². The third-order valence-electron chi connectivity index (χ3n) is 16.3. The Morgan fingerprint density at radius 3 is 2.43 bits per heavy atom. The monoisotopic (exact) mass is 603 g/mol. The number of allylic oxidation sites excluding steroid dienone is 5. The molecule has 9 atom stereocenters. The Morgan fingerprint density at radius 1 is 0.909 bits per heavy atom. The summed E-state index contributed by atoms with van der Waals surface area (Å²) in [4.78, 5) is 2.61. The molecular weight excluding hydrogens is 536 g/mol. The number of ether oxygens (including phenoxy) is 1. The molecule has 0 radical (unpaired) electrons. The molecule has 4 saturated carbocycles. The molecular formula is C41H66N2O. The zero-order valence-corrected chi connectivity index (χ0v) is 29.5. The lowest BCUT2D eigenvalue weighted by Gasteiger charge is -2.72. The van der Waals surface area contributed by atoms with E-state index in [1.54, 1.807) is 11.1 Å². The summed E-state index contributed by atoms with van der Waals surface area (Å²) in [5.74, 6) is 3.88. The molecule has 1 heterocycles. The normalized spacial score (nSPS) is 47.0. The van der Waals surface area contributed by atoms with Crippen molar-refractivity contribution in [3.8, 4) is 0 Å². The van der Waals surface area contributed by atoms with E-state index in [0.29, 0.717) is 27.7 Å². The van der Waals surface area contributed by atoms with Crippen LogP contribution >= 0.6 is 0 Å². The number of nitrogens with zero attached hydrogens (tertiary/aromatic N) is 1. The molecule has 5 fully saturated rings. The van der Waals surface area contributed by atoms with Crippen LogP contribution in [0.3, 0.4) is 0 Å². The van der Waals surface area contributed by atoms with E-state index in [1.165, 1.54) is 95.6 Å². The van der Waals surface area contributed by atoms with Gasteiger partial charge in [-0.15, -0.1) is 0 Å². The van der Waals surface area contributed by atoms with Crippen molar-refractivity contribution >= 4 is 0 Å². The second-order valence-corrected chi connectivity index (χ2v) is 18.2. The Morgan fingerprint density at radius 2 is 1.70 bits per heavy atom. The topological polar surface area (TPSA) is 24.5 Å². The molecule has 1 N–H and O–H groups in total. The zero-order valence-electron chi connectivity index (χ0n) is 29.5. The highest BCUT2D eigenvalue weighted by molar-refractivity contribution is 5.41. The zero-order chi connectivity index (χ0) is 31.0. The minimum atomic E-state index is 0.290. The molecule has 0 spiro atoms. The summed E-state index contributed by atoms with van der Waals surface area (Å²) in [5.41, 5.74) is 6.77. The number of hydrogen-bond donors (Lipinski definition) is 1. The lowest BCUT2D eigenvalue weighted by atomic mass is 9.33. The van der Waals surface area contributed by atoms with Crippen molar-refractivity contribution in [3.05, 3.63) is 35.5 Å². The van der Waals surface area contributed by atoms with Crippen molar-refractivity contribution in [1.82, 2.24) is 10.2 Å². The summed E-state index contributed by atoms with van der Waals surface area (Å²) in [6.07, 6.45) is 23.3. The first-order valence-corrected chi connectivity index (χ1v) is 19.1. The van der Waals surface area contributed by atoms with Gasteiger partial charge in [-0.2, -0.15) is 0 Å². The average Bonchev–Trinajstić information content (AvgIpc) is 3.38. The van der Waals surface area contributed by atoms with Crippen LogP contribution in [-0.4, -0.2) is 49.8 Å². The lowest BCUT2D eigenvalue weighted by molar-refractivity contribution is -0.221. The SMILES string of the molecule is C=C(C)[C@@H]1CC[C@]2(NCCN3CCOCC3)CC[C@]3(C)[C@H](CC[C@@H]4[C@@]5(C)CC=C(C6=CCCCC6)C(C)(C)[C@@H]5CC[C@]43C)[C@@H]12. The molecule has 44 heavy (non-hydrogen) atoms. The number of morpholine rings is 1. The molecule has 0 aromatic heterocycles. The maximum atomic E-state index is 5.63. The molecule has 1 aliphatic heterocycles. The van der Waals surface area contributed by atoms with Gasteiger partial charge in [0.05, 0.1) is 13.2 Å². The first kappa shape index (κ1) is 31.7. The molecule has 6 aliphatic carbocycles. The quantitative estimate of drug-likeness (QED) is 0.307. The molecule has 0 aromatic rings. The van der Waals surface area contributed by atoms with Gasteiger partial charge >= 0.3 is 0 Å². The van der Waals surface area contributed by atoms with E-state index >= 15 is 0 Å². The van der Waals surface area contributed by atoms with E-state index in [2.05, 4.69) is 70.5 Å². The Hall–Kier alpha value is -0.900. The molecule has 3 heteroatoms. The van der Waals surface area contributed by atoms with Crippen molar-refractivity contribution in [2.75, 3.05) is 39.4 Å². The van der Waals surface area contributed by atoms with Crippen LogP contribution < -0.4 is 5.32 Å². The highest BCUT2D eigenvalue weighted by Crippen LogP contribution is 2.76. The van der Waals surface area contributed by atoms with Crippen molar-refractivity contribution < 1.29 is 4.74 Å². The van der Waals surface area contributed by atoms with Gasteiger partial charge in [0.2, 0.25) is 0 Å². The minimum absolute atomic E-state index is 0.290. The van der Waals surface area contributed by atoms with Gasteiger partial charge in [-0.1, -0.05) is 58.9 Å². The number of hydrogen-bond acceptors (Lipinski definition) is 3. The lowest BCUT2D eigenvalue weighted by Crippen LogP contribution is -2.68. The van der Waals surface area contributed by atoms with Gasteiger partial charge in [-0.3, -0.25) is 4.90 Å². The van der Waals surface area contributed by atoms with Crippen molar-refractivity contribution in [1.29, 1.82) is 0 Å². The van der Waals surface area contributed by atoms with Gasteiger partial charge in [0.25, 0.3) is 0 Å². The van der Waals surface area contributed by atoms with Crippen LogP contribution in [0.15, 0.2) is 35.5 Å². The predicted octanol–water partition coefficient (Wildman–Crippen LogP) is 9.35. The van der Waals surface area contributed by atoms with Crippen LogP contribution in [-0.2, 0) is 4.74 Å². The van der Waals surface area contributed by atoms with Gasteiger partial charge in [0.1, 0.15) is 0 Å². The Labute approximate surface area is 271 Å². The van der Waals surface area contributed by atoms with E-state index in [4.69, 9.17) is 4.74 Å². The molecule has 0 unspecified atom stereocenters. The molecule has 3 nitrogen and oxygen atoms in total. The van der Waals surface area contributed by atoms with Crippen LogP contribution in [0.2, 0.25) is 0 Å². The maximum Gasteiger partial charge on any atom is 0.0594 e. The van der Waals surface area contributed by atoms with Gasteiger partial charge in [0, 0.05) is 31.7 Å². The summed E-state index contributed by atoms with van der Waals surface area (Å²) in [6, 6.07) is 0. The predicted molar refractivity (Wildman–Crippen MR) is 185 cm³/mol. The number of rotatable bonds is 6. The molecule has 0 bridgehead atoms. The molecule has 7 rings (SSSR count). The Kier molecular flexibility index (Phi) is 8.19. The van der Waals surface area contributed by atoms with Crippen molar-refractivity contribution in [3.63, 3.8) is 0 Å². The molecule has 7 aliphatic rings. The van der Waals surface area contributed by atoms with Gasteiger partial charge in [0.15, 0.2) is 0 Å². The van der Waals surface area contributed by atoms with Crippen molar-refractivity contribution in [2.45, 2.75) is 131 Å². The minimum Gasteiger partial charge on any atom is -0.379 e. The average molecular weight is 603 g/mol. The summed E-state index contributed by atoms with van der Waals surface area (Å²) < 4.78 is 5.63. The van der Waals surface area contributed by atoms with Crippen molar-refractivity contribution in [2.24, 2.45) is 51.2 Å². The van der Waals surface area contributed by atoms with Crippen LogP contribution in [0.25, 0.3) is 0 Å². The van der Waals surface area contributed by atoms with Crippen LogP contribution in [0, 0.1) is 51.2 Å².